The first-order chi connectivity index (χ1) is 19.7. The number of piperidine rings is 1. The molecular formula is C32H35N5O3S. The molecule has 8 N–H and O–H groups in total. The van der Waals surface area contributed by atoms with Gasteiger partial charge in [-0.1, -0.05) is 37.3 Å². The highest BCUT2D eigenvalue weighted by atomic mass is 32.1. The molecule has 3 unspecified atom stereocenters. The number of anilines is 1. The molecule has 1 fully saturated rings. The van der Waals surface area contributed by atoms with Gasteiger partial charge in [-0.3, -0.25) is 9.59 Å². The van der Waals surface area contributed by atoms with E-state index >= 15 is 0 Å². The molecule has 3 atom stereocenters. The normalized spacial score (nSPS) is 22.1. The van der Waals surface area contributed by atoms with Crippen LogP contribution in [-0.4, -0.2) is 30.8 Å². The lowest BCUT2D eigenvalue weighted by molar-refractivity contribution is -0.124. The van der Waals surface area contributed by atoms with E-state index in [0.29, 0.717) is 44.9 Å². The molecule has 212 valence electrons. The van der Waals surface area contributed by atoms with Gasteiger partial charge < -0.3 is 32.6 Å². The van der Waals surface area contributed by atoms with E-state index in [2.05, 4.69) is 17.6 Å². The second-order valence-corrected chi connectivity index (χ2v) is 12.0. The van der Waals surface area contributed by atoms with Crippen molar-refractivity contribution < 1.29 is 14.3 Å². The number of ether oxygens (including phenoxy) is 1. The highest BCUT2D eigenvalue weighted by Gasteiger charge is 2.49. The minimum atomic E-state index is -1.52. The van der Waals surface area contributed by atoms with Gasteiger partial charge in [-0.15, -0.1) is 11.3 Å². The summed E-state index contributed by atoms with van der Waals surface area (Å²) in [4.78, 5) is 28.1. The van der Waals surface area contributed by atoms with Crippen LogP contribution in [0.2, 0.25) is 0 Å². The molecule has 0 saturated carbocycles. The largest absolute Gasteiger partial charge is 0.457 e. The van der Waals surface area contributed by atoms with Crippen molar-refractivity contribution in [3.63, 3.8) is 0 Å². The zero-order chi connectivity index (χ0) is 28.9. The van der Waals surface area contributed by atoms with E-state index in [1.807, 2.05) is 49.4 Å². The van der Waals surface area contributed by atoms with E-state index in [-0.39, 0.29) is 17.7 Å². The molecule has 8 nitrogen and oxygen atoms in total. The molecule has 1 aliphatic heterocycles. The van der Waals surface area contributed by atoms with Gasteiger partial charge in [0.25, 0.3) is 5.91 Å². The van der Waals surface area contributed by atoms with Crippen molar-refractivity contribution in [2.45, 2.75) is 50.7 Å². The molecule has 9 heteroatoms. The molecule has 1 saturated heterocycles. The summed E-state index contributed by atoms with van der Waals surface area (Å²) in [5.41, 5.74) is 22.8. The molecule has 3 aromatic carbocycles. The average Bonchev–Trinajstić information content (AvgIpc) is 3.38. The highest BCUT2D eigenvalue weighted by molar-refractivity contribution is 7.21. The monoisotopic (exact) mass is 569 g/mol. The van der Waals surface area contributed by atoms with Crippen molar-refractivity contribution in [1.29, 1.82) is 0 Å². The van der Waals surface area contributed by atoms with Crippen LogP contribution in [0.5, 0.6) is 11.5 Å². The third-order valence-corrected chi connectivity index (χ3v) is 9.61. The van der Waals surface area contributed by atoms with Crippen LogP contribution >= 0.6 is 11.3 Å². The molecule has 1 aromatic heterocycles. The van der Waals surface area contributed by atoms with Gasteiger partial charge in [0, 0.05) is 29.2 Å². The summed E-state index contributed by atoms with van der Waals surface area (Å²) in [6, 6.07) is 16.0. The quantitative estimate of drug-likeness (QED) is 0.216. The Morgan fingerprint density at radius 2 is 1.95 bits per heavy atom. The fourth-order valence-electron chi connectivity index (χ4n) is 6.22. The maximum atomic E-state index is 14.2. The van der Waals surface area contributed by atoms with Crippen LogP contribution in [0.15, 0.2) is 54.6 Å². The Balaban J connectivity index is 1.43. The third-order valence-electron chi connectivity index (χ3n) is 8.36. The average molecular weight is 570 g/mol. The molecule has 0 bridgehead atoms. The van der Waals surface area contributed by atoms with Crippen molar-refractivity contribution in [1.82, 2.24) is 10.6 Å². The Kier molecular flexibility index (Phi) is 7.07. The molecular weight excluding hydrogens is 534 g/mol. The molecule has 2 heterocycles. The summed E-state index contributed by atoms with van der Waals surface area (Å²) in [7, 11) is 0. The number of nitrogens with two attached hydrogens (primary N) is 3. The van der Waals surface area contributed by atoms with Gasteiger partial charge in [-0.25, -0.2) is 0 Å². The number of para-hydroxylation sites is 1. The molecule has 0 spiro atoms. The van der Waals surface area contributed by atoms with Crippen LogP contribution < -0.4 is 32.6 Å². The summed E-state index contributed by atoms with van der Waals surface area (Å²) < 4.78 is 6.93. The molecule has 4 aromatic rings. The number of thiophene rings is 1. The van der Waals surface area contributed by atoms with Crippen molar-refractivity contribution in [2.24, 2.45) is 11.5 Å². The van der Waals surface area contributed by atoms with E-state index in [1.165, 1.54) is 11.3 Å². The first-order valence-electron chi connectivity index (χ1n) is 14.1. The second-order valence-electron chi connectivity index (χ2n) is 11.0. The first kappa shape index (κ1) is 27.4. The Morgan fingerprint density at radius 3 is 2.68 bits per heavy atom. The summed E-state index contributed by atoms with van der Waals surface area (Å²) in [6.07, 6.45) is 2.73. The van der Waals surface area contributed by atoms with Gasteiger partial charge in [0.1, 0.15) is 17.0 Å². The minimum Gasteiger partial charge on any atom is -0.457 e. The Hall–Kier alpha value is -3.76. The number of benzene rings is 3. The smallest absolute Gasteiger partial charge is 0.262 e. The Labute approximate surface area is 243 Å². The van der Waals surface area contributed by atoms with Crippen LogP contribution in [0.1, 0.15) is 63.3 Å². The molecule has 0 radical (unpaired) electrons. The van der Waals surface area contributed by atoms with E-state index in [9.17, 15) is 9.59 Å². The number of carbonyl (C=O) groups is 2. The fraction of sp³-hybridized carbons (Fsp3) is 0.312. The van der Waals surface area contributed by atoms with Crippen molar-refractivity contribution >= 4 is 38.8 Å². The van der Waals surface area contributed by atoms with Gasteiger partial charge in [0.05, 0.1) is 15.6 Å². The third kappa shape index (κ3) is 4.49. The Morgan fingerprint density at radius 1 is 1.17 bits per heavy atom. The highest BCUT2D eigenvalue weighted by Crippen LogP contribution is 2.50. The number of nitrogens with one attached hydrogen (secondary N) is 2. The molecule has 41 heavy (non-hydrogen) atoms. The Bertz CT molecular complexity index is 1680. The lowest BCUT2D eigenvalue weighted by Crippen LogP contribution is -2.53. The first-order valence-corrected chi connectivity index (χ1v) is 14.9. The number of aryl methyl sites for hydroxylation is 2. The fourth-order valence-corrected chi connectivity index (χ4v) is 7.42. The molecule has 1 aliphatic carbocycles. The van der Waals surface area contributed by atoms with Gasteiger partial charge in [0.15, 0.2) is 5.78 Å². The van der Waals surface area contributed by atoms with Crippen LogP contribution in [0, 0.1) is 6.92 Å². The number of hydrogen-bond acceptors (Lipinski definition) is 8. The summed E-state index contributed by atoms with van der Waals surface area (Å²) in [5, 5.41) is 7.14. The SMILES string of the molecule is CCc1ccccc1Oc1ccc(C2(N)C(=O)C(N)c3c(C(=O)NC4CCCNC4)sc4c(N)ccc2c34)c(C)c1. The topological polar surface area (TPSA) is 145 Å². The maximum Gasteiger partial charge on any atom is 0.262 e. The van der Waals surface area contributed by atoms with Crippen LogP contribution in [0.25, 0.3) is 10.1 Å². The number of rotatable bonds is 6. The molecule has 6 rings (SSSR count). The van der Waals surface area contributed by atoms with Crippen LogP contribution in [-0.2, 0) is 16.8 Å². The summed E-state index contributed by atoms with van der Waals surface area (Å²) in [6.45, 7) is 5.65. The number of Topliss-reactive ketones (excluding diaryl/α,β-unsaturated/α-hetero) is 1. The number of amides is 1. The predicted molar refractivity (Wildman–Crippen MR) is 164 cm³/mol. The zero-order valence-corrected chi connectivity index (χ0v) is 24.1. The van der Waals surface area contributed by atoms with E-state index < -0.39 is 11.6 Å². The number of hydrogen-bond donors (Lipinski definition) is 5. The standard InChI is InChI=1S/C32H35N5O3S/c1-3-18-7-4-5-9-24(18)40-20-10-11-21(17(2)15-20)32(35)22-12-13-23(33)28-25(22)26(27(34)30(32)38)29(41-28)31(39)37-19-8-6-14-36-16-19/h4-5,7,9-13,15,19,27,36H,3,6,8,14,16,33-35H2,1-2H3,(H,37,39). The van der Waals surface area contributed by atoms with Gasteiger partial charge >= 0.3 is 0 Å². The number of nitrogen functional groups attached to an aromatic ring is 1. The van der Waals surface area contributed by atoms with E-state index in [4.69, 9.17) is 21.9 Å². The van der Waals surface area contributed by atoms with E-state index in [1.54, 1.807) is 12.1 Å². The van der Waals surface area contributed by atoms with Crippen molar-refractivity contribution in [3.05, 3.63) is 87.3 Å². The number of carbonyl (C=O) groups excluding carboxylic acids is 2. The maximum absolute atomic E-state index is 14.2. The van der Waals surface area contributed by atoms with Gasteiger partial charge in [0.2, 0.25) is 0 Å². The van der Waals surface area contributed by atoms with Crippen LogP contribution in [0.4, 0.5) is 5.69 Å². The van der Waals surface area contributed by atoms with Gasteiger partial charge in [-0.2, -0.15) is 0 Å². The summed E-state index contributed by atoms with van der Waals surface area (Å²) >= 11 is 1.27. The minimum absolute atomic E-state index is 0.0160. The van der Waals surface area contributed by atoms with E-state index in [0.717, 1.165) is 47.4 Å². The van der Waals surface area contributed by atoms with Crippen molar-refractivity contribution in [2.75, 3.05) is 18.8 Å². The lowest BCUT2D eigenvalue weighted by Gasteiger charge is -2.37. The van der Waals surface area contributed by atoms with Crippen LogP contribution in [0.3, 0.4) is 0 Å². The lowest BCUT2D eigenvalue weighted by atomic mass is 9.69. The predicted octanol–water partition coefficient (Wildman–Crippen LogP) is 4.41. The molecule has 2 aliphatic rings. The summed E-state index contributed by atoms with van der Waals surface area (Å²) in [5.74, 6) is 0.838. The zero-order valence-electron chi connectivity index (χ0n) is 23.3. The van der Waals surface area contributed by atoms with Crippen molar-refractivity contribution in [3.8, 4) is 11.5 Å². The molecule has 1 amide bonds. The second kappa shape index (κ2) is 10.6. The number of ketones is 1. The van der Waals surface area contributed by atoms with Gasteiger partial charge in [-0.05, 0) is 79.3 Å².